The summed E-state index contributed by atoms with van der Waals surface area (Å²) in [7, 11) is 0. The summed E-state index contributed by atoms with van der Waals surface area (Å²) < 4.78 is 0. The molecule has 1 radical (unpaired) electrons. The summed E-state index contributed by atoms with van der Waals surface area (Å²) in [5.41, 5.74) is 6.70. The molecule has 0 amide bonds. The van der Waals surface area contributed by atoms with Gasteiger partial charge in [-0.05, 0) is 26.2 Å². The lowest BCUT2D eigenvalue weighted by Gasteiger charge is -2.33. The van der Waals surface area contributed by atoms with E-state index < -0.39 is 5.54 Å². The van der Waals surface area contributed by atoms with Crippen LogP contribution in [0.1, 0.15) is 26.2 Å². The highest BCUT2D eigenvalue weighted by atomic mass is 16.1. The van der Waals surface area contributed by atoms with Crippen LogP contribution in [0.25, 0.3) is 0 Å². The Bertz CT molecular complexity index is 116. The molecule has 0 unspecified atom stereocenters. The monoisotopic (exact) mass is 112 g/mol. The standard InChI is InChI=1S/C6H10NO/c1-5(8)6(7)3-2-4-6/h7H,2-4H2,1H3. The SMILES string of the molecule is CC(=O)C1([NH])CCC1. The van der Waals surface area contributed by atoms with Crippen molar-refractivity contribution >= 4 is 5.78 Å². The Kier molecular flexibility index (Phi) is 1.12. The van der Waals surface area contributed by atoms with Crippen molar-refractivity contribution in [1.82, 2.24) is 5.73 Å². The lowest BCUT2D eigenvalue weighted by Crippen LogP contribution is -2.45. The molecular formula is C6H10NO. The first-order valence-electron chi connectivity index (χ1n) is 2.91. The lowest BCUT2D eigenvalue weighted by atomic mass is 9.75. The number of hydrogen-bond acceptors (Lipinski definition) is 1. The first-order valence-corrected chi connectivity index (χ1v) is 2.91. The van der Waals surface area contributed by atoms with E-state index in [0.29, 0.717) is 0 Å². The van der Waals surface area contributed by atoms with Gasteiger partial charge in [-0.1, -0.05) is 0 Å². The summed E-state index contributed by atoms with van der Waals surface area (Å²) in [5.74, 6) is 0.0313. The molecule has 1 fully saturated rings. The largest absolute Gasteiger partial charge is 0.298 e. The summed E-state index contributed by atoms with van der Waals surface area (Å²) in [6, 6.07) is 0. The first-order chi connectivity index (χ1) is 3.65. The molecule has 0 aromatic carbocycles. The number of rotatable bonds is 1. The molecule has 1 N–H and O–H groups in total. The average Bonchev–Trinajstić information content (AvgIpc) is 1.60. The molecule has 8 heavy (non-hydrogen) atoms. The van der Waals surface area contributed by atoms with Gasteiger partial charge in [0.05, 0.1) is 5.54 Å². The first kappa shape index (κ1) is 5.76. The van der Waals surface area contributed by atoms with E-state index in [1.165, 1.54) is 6.92 Å². The molecule has 1 aliphatic rings. The van der Waals surface area contributed by atoms with Crippen LogP contribution in [-0.4, -0.2) is 11.3 Å². The molecule has 1 rings (SSSR count). The third kappa shape index (κ3) is 0.650. The van der Waals surface area contributed by atoms with Crippen molar-refractivity contribution < 1.29 is 4.79 Å². The van der Waals surface area contributed by atoms with E-state index in [-0.39, 0.29) is 5.78 Å². The van der Waals surface area contributed by atoms with Gasteiger partial charge in [-0.25, -0.2) is 5.73 Å². The molecule has 0 aromatic rings. The minimum absolute atomic E-state index is 0.0313. The topological polar surface area (TPSA) is 40.9 Å². The quantitative estimate of drug-likeness (QED) is 0.494. The van der Waals surface area contributed by atoms with Gasteiger partial charge in [0.1, 0.15) is 0 Å². The van der Waals surface area contributed by atoms with Gasteiger partial charge in [0.2, 0.25) is 0 Å². The fraction of sp³-hybridized carbons (Fsp3) is 0.833. The summed E-state index contributed by atoms with van der Waals surface area (Å²) >= 11 is 0. The fourth-order valence-electron chi connectivity index (χ4n) is 0.882. The van der Waals surface area contributed by atoms with Gasteiger partial charge in [-0.2, -0.15) is 0 Å². The summed E-state index contributed by atoms with van der Waals surface area (Å²) in [6.07, 6.45) is 2.62. The molecular weight excluding hydrogens is 102 g/mol. The summed E-state index contributed by atoms with van der Waals surface area (Å²) in [5, 5.41) is 0. The van der Waals surface area contributed by atoms with Crippen LogP contribution in [0.5, 0.6) is 0 Å². The Labute approximate surface area is 49.1 Å². The van der Waals surface area contributed by atoms with Crippen molar-refractivity contribution in [1.29, 1.82) is 0 Å². The third-order valence-corrected chi connectivity index (χ3v) is 1.88. The predicted octanol–water partition coefficient (Wildman–Crippen LogP) is 0.781. The van der Waals surface area contributed by atoms with E-state index in [2.05, 4.69) is 0 Å². The molecule has 0 aromatic heterocycles. The highest BCUT2D eigenvalue weighted by molar-refractivity contribution is 5.86. The second kappa shape index (κ2) is 1.55. The molecule has 0 spiro atoms. The Hall–Kier alpha value is -0.370. The van der Waals surface area contributed by atoms with Gasteiger partial charge in [-0.15, -0.1) is 0 Å². The number of ketones is 1. The van der Waals surface area contributed by atoms with Gasteiger partial charge < -0.3 is 0 Å². The van der Waals surface area contributed by atoms with E-state index in [1.807, 2.05) is 0 Å². The number of Topliss-reactive ketones (excluding diaryl/α,β-unsaturated/α-hetero) is 1. The van der Waals surface area contributed by atoms with E-state index in [1.54, 1.807) is 0 Å². The van der Waals surface area contributed by atoms with Crippen molar-refractivity contribution in [3.63, 3.8) is 0 Å². The van der Waals surface area contributed by atoms with Gasteiger partial charge in [0, 0.05) is 0 Å². The van der Waals surface area contributed by atoms with E-state index in [4.69, 9.17) is 5.73 Å². The number of carbonyl (C=O) groups is 1. The van der Waals surface area contributed by atoms with Crippen LogP contribution >= 0.6 is 0 Å². The third-order valence-electron chi connectivity index (χ3n) is 1.88. The van der Waals surface area contributed by atoms with Crippen molar-refractivity contribution in [2.75, 3.05) is 0 Å². The van der Waals surface area contributed by atoms with Crippen molar-refractivity contribution in [2.45, 2.75) is 31.7 Å². The van der Waals surface area contributed by atoms with Crippen LogP contribution in [0.3, 0.4) is 0 Å². The summed E-state index contributed by atoms with van der Waals surface area (Å²) in [6.45, 7) is 1.51. The Balaban J connectivity index is 2.53. The Morgan fingerprint density at radius 2 is 2.12 bits per heavy atom. The van der Waals surface area contributed by atoms with E-state index in [0.717, 1.165) is 19.3 Å². The van der Waals surface area contributed by atoms with Crippen LogP contribution < -0.4 is 5.73 Å². The van der Waals surface area contributed by atoms with E-state index in [9.17, 15) is 4.79 Å². The molecule has 0 heterocycles. The van der Waals surface area contributed by atoms with Crippen LogP contribution in [0.4, 0.5) is 0 Å². The van der Waals surface area contributed by atoms with Crippen LogP contribution in [0, 0.1) is 0 Å². The predicted molar refractivity (Wildman–Crippen MR) is 30.4 cm³/mol. The van der Waals surface area contributed by atoms with Gasteiger partial charge in [-0.3, -0.25) is 4.79 Å². The van der Waals surface area contributed by atoms with Crippen molar-refractivity contribution in [2.24, 2.45) is 0 Å². The van der Waals surface area contributed by atoms with Gasteiger partial charge in [0.25, 0.3) is 0 Å². The van der Waals surface area contributed by atoms with E-state index >= 15 is 0 Å². The Morgan fingerprint density at radius 1 is 1.62 bits per heavy atom. The van der Waals surface area contributed by atoms with Crippen molar-refractivity contribution in [3.05, 3.63) is 0 Å². The molecule has 0 aliphatic heterocycles. The van der Waals surface area contributed by atoms with Gasteiger partial charge in [0.15, 0.2) is 5.78 Å². The molecule has 0 bridgehead atoms. The summed E-state index contributed by atoms with van der Waals surface area (Å²) in [4.78, 5) is 10.6. The molecule has 0 atom stereocenters. The number of carbonyl (C=O) groups excluding carboxylic acids is 1. The zero-order valence-electron chi connectivity index (χ0n) is 5.03. The fourth-order valence-corrected chi connectivity index (χ4v) is 0.882. The maximum absolute atomic E-state index is 10.6. The number of hydrogen-bond donors (Lipinski definition) is 0. The normalized spacial score (nSPS) is 24.2. The minimum atomic E-state index is -0.667. The van der Waals surface area contributed by atoms with Crippen LogP contribution in [-0.2, 0) is 4.79 Å². The number of nitrogens with one attached hydrogen (secondary N) is 1. The molecule has 1 saturated carbocycles. The smallest absolute Gasteiger partial charge is 0.151 e. The molecule has 45 valence electrons. The van der Waals surface area contributed by atoms with Crippen LogP contribution in [0.15, 0.2) is 0 Å². The second-order valence-corrected chi connectivity index (χ2v) is 2.49. The average molecular weight is 112 g/mol. The zero-order valence-corrected chi connectivity index (χ0v) is 5.03. The highest BCUT2D eigenvalue weighted by Gasteiger charge is 2.37. The van der Waals surface area contributed by atoms with Crippen LogP contribution in [0.2, 0.25) is 0 Å². The van der Waals surface area contributed by atoms with Crippen molar-refractivity contribution in [3.8, 4) is 0 Å². The lowest BCUT2D eigenvalue weighted by molar-refractivity contribution is -0.125. The maximum atomic E-state index is 10.6. The maximum Gasteiger partial charge on any atom is 0.151 e. The Morgan fingerprint density at radius 3 is 2.12 bits per heavy atom. The second-order valence-electron chi connectivity index (χ2n) is 2.49. The molecule has 1 aliphatic carbocycles. The minimum Gasteiger partial charge on any atom is -0.298 e. The molecule has 2 nitrogen and oxygen atoms in total. The molecule has 2 heteroatoms. The molecule has 0 saturated heterocycles. The highest BCUT2D eigenvalue weighted by Crippen LogP contribution is 2.30. The zero-order chi connectivity index (χ0) is 6.20. The van der Waals surface area contributed by atoms with Gasteiger partial charge >= 0.3 is 0 Å².